The van der Waals surface area contributed by atoms with E-state index in [4.69, 9.17) is 4.42 Å². The van der Waals surface area contributed by atoms with Gasteiger partial charge in [-0.25, -0.2) is 9.98 Å². The molecule has 3 N–H and O–H groups in total. The molecule has 0 radical (unpaired) electrons. The molecule has 0 aliphatic carbocycles. The van der Waals surface area contributed by atoms with Gasteiger partial charge in [0, 0.05) is 37.4 Å². The third-order valence-corrected chi connectivity index (χ3v) is 3.64. The molecule has 0 aliphatic heterocycles. The maximum Gasteiger partial charge on any atom is 0.252 e. The monoisotopic (exact) mass is 500 g/mol. The van der Waals surface area contributed by atoms with Crippen LogP contribution in [-0.2, 0) is 12.0 Å². The number of pyridine rings is 1. The molecule has 0 saturated heterocycles. The average molecular weight is 500 g/mol. The Hall–Kier alpha value is -2.17. The Morgan fingerprint density at radius 2 is 1.93 bits per heavy atom. The minimum Gasteiger partial charge on any atom is -0.443 e. The van der Waals surface area contributed by atoms with E-state index in [1.807, 2.05) is 6.92 Å². The summed E-state index contributed by atoms with van der Waals surface area (Å²) < 4.78 is 5.75. The van der Waals surface area contributed by atoms with E-state index < -0.39 is 0 Å². The second kappa shape index (κ2) is 11.6. The fourth-order valence-electron chi connectivity index (χ4n) is 2.17. The van der Waals surface area contributed by atoms with Crippen molar-refractivity contribution >= 4 is 35.8 Å². The van der Waals surface area contributed by atoms with Gasteiger partial charge in [0.1, 0.15) is 12.3 Å². The highest BCUT2D eigenvalue weighted by Gasteiger charge is 2.19. The number of carbonyl (C=O) groups excluding carboxylic acids is 1. The van der Waals surface area contributed by atoms with Gasteiger partial charge in [-0.3, -0.25) is 9.78 Å². The molecular weight excluding hydrogens is 471 g/mol. The number of oxazole rings is 1. The first kappa shape index (κ1) is 23.9. The quantitative estimate of drug-likeness (QED) is 0.234. The van der Waals surface area contributed by atoms with Crippen LogP contribution in [-0.4, -0.2) is 41.5 Å². The van der Waals surface area contributed by atoms with Gasteiger partial charge in [-0.15, -0.1) is 24.0 Å². The van der Waals surface area contributed by atoms with Crippen molar-refractivity contribution in [1.29, 1.82) is 0 Å². The molecule has 2 aromatic rings. The lowest BCUT2D eigenvalue weighted by Gasteiger charge is -2.13. The number of hydrogen-bond acceptors (Lipinski definition) is 5. The van der Waals surface area contributed by atoms with Crippen LogP contribution in [0.25, 0.3) is 0 Å². The molecule has 0 fully saturated rings. The highest BCUT2D eigenvalue weighted by Crippen LogP contribution is 2.22. The van der Waals surface area contributed by atoms with Crippen molar-refractivity contribution in [2.75, 3.05) is 19.6 Å². The van der Waals surface area contributed by atoms with Crippen LogP contribution in [0.3, 0.4) is 0 Å². The SMILES string of the molecule is CCNC(=NCc1ncc(C(C)(C)C)o1)NCCNC(=O)c1cccnc1.I. The molecule has 0 bridgehead atoms. The van der Waals surface area contributed by atoms with Crippen LogP contribution in [0, 0.1) is 0 Å². The molecule has 0 saturated carbocycles. The number of guanidine groups is 1. The number of aromatic nitrogens is 2. The van der Waals surface area contributed by atoms with Crippen LogP contribution < -0.4 is 16.0 Å². The molecule has 28 heavy (non-hydrogen) atoms. The summed E-state index contributed by atoms with van der Waals surface area (Å²) in [7, 11) is 0. The first-order valence-corrected chi connectivity index (χ1v) is 9.05. The van der Waals surface area contributed by atoms with E-state index in [2.05, 4.69) is 51.7 Å². The van der Waals surface area contributed by atoms with Crippen LogP contribution in [0.1, 0.15) is 49.7 Å². The zero-order chi connectivity index (χ0) is 19.7. The van der Waals surface area contributed by atoms with Crippen molar-refractivity contribution in [2.24, 2.45) is 4.99 Å². The van der Waals surface area contributed by atoms with E-state index in [0.717, 1.165) is 12.3 Å². The smallest absolute Gasteiger partial charge is 0.252 e. The summed E-state index contributed by atoms with van der Waals surface area (Å²) in [6, 6.07) is 3.46. The van der Waals surface area contributed by atoms with Crippen molar-refractivity contribution in [3.8, 4) is 0 Å². The highest BCUT2D eigenvalue weighted by molar-refractivity contribution is 14.0. The summed E-state index contributed by atoms with van der Waals surface area (Å²) in [5.41, 5.74) is 0.459. The molecule has 8 nitrogen and oxygen atoms in total. The van der Waals surface area contributed by atoms with Crippen LogP contribution >= 0.6 is 24.0 Å². The van der Waals surface area contributed by atoms with E-state index in [1.165, 1.54) is 6.20 Å². The highest BCUT2D eigenvalue weighted by atomic mass is 127. The summed E-state index contributed by atoms with van der Waals surface area (Å²) >= 11 is 0. The predicted molar refractivity (Wildman–Crippen MR) is 120 cm³/mol. The normalized spacial score (nSPS) is 11.5. The lowest BCUT2D eigenvalue weighted by Crippen LogP contribution is -2.41. The molecule has 1 amide bonds. The Kier molecular flexibility index (Phi) is 9.91. The van der Waals surface area contributed by atoms with E-state index in [0.29, 0.717) is 37.0 Å². The summed E-state index contributed by atoms with van der Waals surface area (Å²) in [5.74, 6) is 1.90. The molecule has 0 spiro atoms. The van der Waals surface area contributed by atoms with E-state index in [9.17, 15) is 4.79 Å². The number of nitrogens with zero attached hydrogens (tertiary/aromatic N) is 3. The second-order valence-electron chi connectivity index (χ2n) is 6.99. The molecule has 9 heteroatoms. The standard InChI is InChI=1S/C19H28N6O2.HI/c1-5-21-18(25-13-16-24-12-15(27-16)19(2,3)4)23-10-9-22-17(26)14-7-6-8-20-11-14;/h6-8,11-12H,5,9-10,13H2,1-4H3,(H,22,26)(H2,21,23,25);1H. The van der Waals surface area contributed by atoms with E-state index >= 15 is 0 Å². The molecule has 2 rings (SSSR count). The van der Waals surface area contributed by atoms with Gasteiger partial charge in [-0.05, 0) is 19.1 Å². The van der Waals surface area contributed by atoms with Crippen molar-refractivity contribution in [2.45, 2.75) is 39.7 Å². The first-order chi connectivity index (χ1) is 12.9. The predicted octanol–water partition coefficient (Wildman–Crippen LogP) is 2.47. The number of carbonyl (C=O) groups is 1. The minimum atomic E-state index is -0.152. The first-order valence-electron chi connectivity index (χ1n) is 9.05. The fourth-order valence-corrected chi connectivity index (χ4v) is 2.17. The number of aliphatic imine (C=N–C) groups is 1. The lowest BCUT2D eigenvalue weighted by atomic mass is 9.94. The van der Waals surface area contributed by atoms with Crippen molar-refractivity contribution in [3.05, 3.63) is 47.9 Å². The topological polar surface area (TPSA) is 104 Å². The average Bonchev–Trinajstić information content (AvgIpc) is 3.13. The maximum atomic E-state index is 12.0. The van der Waals surface area contributed by atoms with E-state index in [1.54, 1.807) is 24.5 Å². The number of amides is 1. The second-order valence-corrected chi connectivity index (χ2v) is 6.99. The molecule has 0 unspecified atom stereocenters. The third-order valence-electron chi connectivity index (χ3n) is 3.64. The van der Waals surface area contributed by atoms with Gasteiger partial charge in [0.05, 0.1) is 11.8 Å². The third kappa shape index (κ3) is 7.83. The van der Waals surface area contributed by atoms with Crippen LogP contribution in [0.5, 0.6) is 0 Å². The molecular formula is C19H29IN6O2. The zero-order valence-corrected chi connectivity index (χ0v) is 19.1. The van der Waals surface area contributed by atoms with Crippen LogP contribution in [0.2, 0.25) is 0 Å². The van der Waals surface area contributed by atoms with Gasteiger partial charge >= 0.3 is 0 Å². The zero-order valence-electron chi connectivity index (χ0n) is 16.8. The Morgan fingerprint density at radius 3 is 2.54 bits per heavy atom. The minimum absolute atomic E-state index is 0. The maximum absolute atomic E-state index is 12.0. The molecule has 2 aromatic heterocycles. The fraction of sp³-hybridized carbons (Fsp3) is 0.474. The van der Waals surface area contributed by atoms with Crippen molar-refractivity contribution < 1.29 is 9.21 Å². The molecule has 0 aliphatic rings. The number of halogens is 1. The van der Waals surface area contributed by atoms with Gasteiger partial charge < -0.3 is 20.4 Å². The largest absolute Gasteiger partial charge is 0.443 e. The van der Waals surface area contributed by atoms with Crippen LogP contribution in [0.4, 0.5) is 0 Å². The Balaban J connectivity index is 0.00000392. The molecule has 0 aromatic carbocycles. The summed E-state index contributed by atoms with van der Waals surface area (Å²) in [6.07, 6.45) is 4.92. The van der Waals surface area contributed by atoms with Gasteiger partial charge in [0.2, 0.25) is 5.89 Å². The molecule has 0 atom stereocenters. The van der Waals surface area contributed by atoms with Crippen molar-refractivity contribution in [3.63, 3.8) is 0 Å². The number of hydrogen-bond donors (Lipinski definition) is 3. The van der Waals surface area contributed by atoms with Gasteiger partial charge in [0.15, 0.2) is 5.96 Å². The molecule has 154 valence electrons. The number of nitrogens with one attached hydrogen (secondary N) is 3. The lowest BCUT2D eigenvalue weighted by molar-refractivity contribution is 0.0954. The van der Waals surface area contributed by atoms with Crippen molar-refractivity contribution in [1.82, 2.24) is 25.9 Å². The van der Waals surface area contributed by atoms with Gasteiger partial charge in [-0.2, -0.15) is 0 Å². The molecule has 2 heterocycles. The van der Waals surface area contributed by atoms with Crippen LogP contribution in [0.15, 0.2) is 40.1 Å². The van der Waals surface area contributed by atoms with E-state index in [-0.39, 0.29) is 35.3 Å². The number of rotatable bonds is 7. The Morgan fingerprint density at radius 1 is 1.18 bits per heavy atom. The summed E-state index contributed by atoms with van der Waals surface area (Å²) in [5, 5.41) is 9.17. The Labute approximate surface area is 183 Å². The summed E-state index contributed by atoms with van der Waals surface area (Å²) in [4.78, 5) is 24.6. The Bertz CT molecular complexity index is 755. The summed E-state index contributed by atoms with van der Waals surface area (Å²) in [6.45, 7) is 10.3. The van der Waals surface area contributed by atoms with Gasteiger partial charge in [0.25, 0.3) is 5.91 Å². The van der Waals surface area contributed by atoms with Gasteiger partial charge in [-0.1, -0.05) is 20.8 Å².